The molecule has 12 heavy (non-hydrogen) atoms. The second-order valence-electron chi connectivity index (χ2n) is 2.81. The first-order valence-corrected chi connectivity index (χ1v) is 3.64. The highest BCUT2D eigenvalue weighted by Gasteiger charge is 2.41. The first-order chi connectivity index (χ1) is 5.57. The molecule has 2 unspecified atom stereocenters. The zero-order valence-corrected chi connectivity index (χ0v) is 6.37. The van der Waals surface area contributed by atoms with E-state index in [1.807, 2.05) is 0 Å². The Morgan fingerprint density at radius 2 is 1.75 bits per heavy atom. The molecule has 0 saturated carbocycles. The van der Waals surface area contributed by atoms with Crippen LogP contribution >= 0.6 is 0 Å². The smallest absolute Gasteiger partial charge is 0.173 e. The molecule has 0 spiro atoms. The van der Waals surface area contributed by atoms with Crippen LogP contribution in [0, 0.1) is 0 Å². The molecule has 1 saturated heterocycles. The summed E-state index contributed by atoms with van der Waals surface area (Å²) in [6, 6.07) is -1.04. The summed E-state index contributed by atoms with van der Waals surface area (Å²) < 4.78 is 4.70. The van der Waals surface area contributed by atoms with Gasteiger partial charge in [-0.25, -0.2) is 0 Å². The predicted molar refractivity (Wildman–Crippen MR) is 38.0 cm³/mol. The average Bonchev–Trinajstić information content (AvgIpc) is 2.08. The summed E-state index contributed by atoms with van der Waals surface area (Å²) >= 11 is 0. The maximum absolute atomic E-state index is 9.20. The summed E-state index contributed by atoms with van der Waals surface area (Å²) in [6.07, 6.45) is -4.85. The SMILES string of the molecule is NC1[C@H](O)OC(CO)[C@@H](O)[C@@H]1O. The van der Waals surface area contributed by atoms with Gasteiger partial charge in [0.05, 0.1) is 12.6 Å². The van der Waals surface area contributed by atoms with Crippen LogP contribution in [0.15, 0.2) is 0 Å². The van der Waals surface area contributed by atoms with Gasteiger partial charge in [-0.1, -0.05) is 0 Å². The van der Waals surface area contributed by atoms with E-state index in [4.69, 9.17) is 20.7 Å². The van der Waals surface area contributed by atoms with Gasteiger partial charge in [-0.05, 0) is 0 Å². The number of nitrogens with two attached hydrogens (primary N) is 1. The Balaban J connectivity index is 2.63. The van der Waals surface area contributed by atoms with Crippen molar-refractivity contribution in [3.8, 4) is 0 Å². The minimum absolute atomic E-state index is 0.470. The van der Waals surface area contributed by atoms with Crippen molar-refractivity contribution in [2.45, 2.75) is 30.6 Å². The summed E-state index contributed by atoms with van der Waals surface area (Å²) in [6.45, 7) is -0.470. The Morgan fingerprint density at radius 3 is 2.25 bits per heavy atom. The zero-order chi connectivity index (χ0) is 9.30. The standard InChI is InChI=1S/C6H13NO5/c7-3-5(10)4(9)2(1-8)12-6(3)11/h2-6,8-11H,1,7H2/t2?,3?,4-,5-,6-/m1/s1. The molecular formula is C6H13NO5. The van der Waals surface area contributed by atoms with Gasteiger partial charge in [-0.2, -0.15) is 0 Å². The first kappa shape index (κ1) is 9.85. The van der Waals surface area contributed by atoms with Gasteiger partial charge < -0.3 is 30.9 Å². The summed E-state index contributed by atoms with van der Waals surface area (Å²) in [7, 11) is 0. The lowest BCUT2D eigenvalue weighted by atomic mass is 9.98. The van der Waals surface area contributed by atoms with Crippen molar-refractivity contribution in [2.75, 3.05) is 6.61 Å². The molecule has 0 amide bonds. The van der Waals surface area contributed by atoms with Gasteiger partial charge in [0.25, 0.3) is 0 Å². The Labute approximate surface area is 69.2 Å². The summed E-state index contributed by atoms with van der Waals surface area (Å²) in [5, 5.41) is 36.1. The number of aliphatic hydroxyl groups excluding tert-OH is 4. The second-order valence-corrected chi connectivity index (χ2v) is 2.81. The van der Waals surface area contributed by atoms with E-state index in [0.717, 1.165) is 0 Å². The molecule has 1 rings (SSSR count). The van der Waals surface area contributed by atoms with Crippen LogP contribution in [-0.2, 0) is 4.74 Å². The lowest BCUT2D eigenvalue weighted by Gasteiger charge is -2.38. The fourth-order valence-electron chi connectivity index (χ4n) is 1.12. The van der Waals surface area contributed by atoms with Gasteiger partial charge >= 0.3 is 0 Å². The first-order valence-electron chi connectivity index (χ1n) is 3.64. The van der Waals surface area contributed by atoms with Crippen molar-refractivity contribution < 1.29 is 25.2 Å². The molecule has 5 atom stereocenters. The lowest BCUT2D eigenvalue weighted by molar-refractivity contribution is -0.248. The number of aliphatic hydroxyl groups is 4. The average molecular weight is 179 g/mol. The van der Waals surface area contributed by atoms with Crippen LogP contribution < -0.4 is 5.73 Å². The maximum atomic E-state index is 9.20. The van der Waals surface area contributed by atoms with Crippen LogP contribution in [0.25, 0.3) is 0 Å². The Morgan fingerprint density at radius 1 is 1.17 bits per heavy atom. The van der Waals surface area contributed by atoms with Crippen LogP contribution in [0.3, 0.4) is 0 Å². The molecule has 0 aromatic heterocycles. The van der Waals surface area contributed by atoms with E-state index in [1.165, 1.54) is 0 Å². The molecule has 6 N–H and O–H groups in total. The van der Waals surface area contributed by atoms with Crippen LogP contribution in [-0.4, -0.2) is 57.7 Å². The molecule has 0 radical (unpaired) electrons. The zero-order valence-electron chi connectivity index (χ0n) is 6.37. The minimum Gasteiger partial charge on any atom is -0.394 e. The minimum atomic E-state index is -1.35. The Kier molecular flexibility index (Phi) is 2.99. The van der Waals surface area contributed by atoms with Gasteiger partial charge in [0, 0.05) is 0 Å². The molecule has 0 bridgehead atoms. The van der Waals surface area contributed by atoms with E-state index in [-0.39, 0.29) is 0 Å². The normalized spacial score (nSPS) is 49.2. The van der Waals surface area contributed by atoms with Crippen molar-refractivity contribution in [3.05, 3.63) is 0 Å². The third-order valence-electron chi connectivity index (χ3n) is 1.95. The number of hydrogen-bond acceptors (Lipinski definition) is 6. The van der Waals surface area contributed by atoms with Crippen molar-refractivity contribution in [2.24, 2.45) is 5.73 Å². The highest BCUT2D eigenvalue weighted by molar-refractivity contribution is 4.90. The Hall–Kier alpha value is -0.240. The summed E-state index contributed by atoms with van der Waals surface area (Å²) in [4.78, 5) is 0. The van der Waals surface area contributed by atoms with E-state index in [9.17, 15) is 10.2 Å². The second kappa shape index (κ2) is 3.65. The number of rotatable bonds is 1. The van der Waals surface area contributed by atoms with Crippen molar-refractivity contribution in [1.82, 2.24) is 0 Å². The van der Waals surface area contributed by atoms with E-state index in [0.29, 0.717) is 0 Å². The highest BCUT2D eigenvalue weighted by Crippen LogP contribution is 2.17. The molecule has 0 aliphatic carbocycles. The third-order valence-corrected chi connectivity index (χ3v) is 1.95. The molecule has 0 aromatic carbocycles. The molecule has 6 heteroatoms. The molecule has 72 valence electrons. The molecule has 1 heterocycles. The quantitative estimate of drug-likeness (QED) is 0.288. The number of ether oxygens (including phenoxy) is 1. The molecule has 1 aliphatic heterocycles. The molecule has 0 aromatic rings. The van der Waals surface area contributed by atoms with Crippen molar-refractivity contribution in [3.63, 3.8) is 0 Å². The van der Waals surface area contributed by atoms with Crippen LogP contribution in [0.1, 0.15) is 0 Å². The van der Waals surface area contributed by atoms with Gasteiger partial charge in [0.2, 0.25) is 0 Å². The monoisotopic (exact) mass is 179 g/mol. The summed E-state index contributed by atoms with van der Waals surface area (Å²) in [5.41, 5.74) is 5.26. The van der Waals surface area contributed by atoms with Crippen molar-refractivity contribution >= 4 is 0 Å². The van der Waals surface area contributed by atoms with Gasteiger partial charge in [0.1, 0.15) is 18.3 Å². The maximum Gasteiger partial charge on any atom is 0.173 e. The molecule has 1 aliphatic rings. The Bertz CT molecular complexity index is 150. The van der Waals surface area contributed by atoms with Crippen LogP contribution in [0.4, 0.5) is 0 Å². The van der Waals surface area contributed by atoms with E-state index < -0.39 is 37.3 Å². The lowest BCUT2D eigenvalue weighted by Crippen LogP contribution is -2.61. The molecule has 1 fully saturated rings. The molecular weight excluding hydrogens is 166 g/mol. The fourth-order valence-corrected chi connectivity index (χ4v) is 1.12. The summed E-state index contributed by atoms with van der Waals surface area (Å²) in [5.74, 6) is 0. The largest absolute Gasteiger partial charge is 0.394 e. The van der Waals surface area contributed by atoms with Crippen molar-refractivity contribution in [1.29, 1.82) is 0 Å². The fraction of sp³-hybridized carbons (Fsp3) is 1.00. The topological polar surface area (TPSA) is 116 Å². The van der Waals surface area contributed by atoms with Crippen LogP contribution in [0.5, 0.6) is 0 Å². The predicted octanol–water partition coefficient (Wildman–Crippen LogP) is -3.25. The molecule has 6 nitrogen and oxygen atoms in total. The van der Waals surface area contributed by atoms with E-state index in [1.54, 1.807) is 0 Å². The van der Waals surface area contributed by atoms with Gasteiger partial charge in [-0.15, -0.1) is 0 Å². The highest BCUT2D eigenvalue weighted by atomic mass is 16.6. The third kappa shape index (κ3) is 1.58. The number of hydrogen-bond donors (Lipinski definition) is 5. The van der Waals surface area contributed by atoms with Gasteiger partial charge in [0.15, 0.2) is 6.29 Å². The van der Waals surface area contributed by atoms with Gasteiger partial charge in [-0.3, -0.25) is 0 Å². The van der Waals surface area contributed by atoms with Crippen LogP contribution in [0.2, 0.25) is 0 Å². The van der Waals surface area contributed by atoms with E-state index in [2.05, 4.69) is 0 Å². The van der Waals surface area contributed by atoms with E-state index >= 15 is 0 Å².